The van der Waals surface area contributed by atoms with E-state index in [-0.39, 0.29) is 11.4 Å². The van der Waals surface area contributed by atoms with Crippen molar-refractivity contribution >= 4 is 5.91 Å². The minimum atomic E-state index is -0.0699. The number of hydrogen-bond donors (Lipinski definition) is 1. The third kappa shape index (κ3) is 4.55. The Balaban J connectivity index is 1.67. The van der Waals surface area contributed by atoms with Crippen LogP contribution < -0.4 is 5.32 Å². The van der Waals surface area contributed by atoms with Gasteiger partial charge in [0.05, 0.1) is 18.8 Å². The molecule has 1 aliphatic heterocycles. The van der Waals surface area contributed by atoms with Crippen LogP contribution in [0.15, 0.2) is 12.4 Å². The molecule has 25 heavy (non-hydrogen) atoms. The van der Waals surface area contributed by atoms with E-state index in [1.54, 1.807) is 12.4 Å². The van der Waals surface area contributed by atoms with E-state index in [4.69, 9.17) is 4.74 Å². The Morgan fingerprint density at radius 1 is 1.16 bits per heavy atom. The highest BCUT2D eigenvalue weighted by Crippen LogP contribution is 2.33. The molecule has 0 bridgehead atoms. The van der Waals surface area contributed by atoms with Crippen LogP contribution in [0.2, 0.25) is 0 Å². The Hall–Kier alpha value is -1.53. The van der Waals surface area contributed by atoms with E-state index in [1.807, 2.05) is 6.92 Å². The lowest BCUT2D eigenvalue weighted by Crippen LogP contribution is -2.58. The Kier molecular flexibility index (Phi) is 6.37. The van der Waals surface area contributed by atoms with Gasteiger partial charge in [0.25, 0.3) is 5.91 Å². The van der Waals surface area contributed by atoms with E-state index in [0.717, 1.165) is 51.4 Å². The van der Waals surface area contributed by atoms with Gasteiger partial charge < -0.3 is 10.1 Å². The van der Waals surface area contributed by atoms with Crippen molar-refractivity contribution in [1.82, 2.24) is 20.2 Å². The van der Waals surface area contributed by atoms with Gasteiger partial charge in [-0.3, -0.25) is 9.69 Å². The minimum Gasteiger partial charge on any atom is -0.379 e. The molecule has 1 aromatic heterocycles. The Morgan fingerprint density at radius 3 is 2.40 bits per heavy atom. The topological polar surface area (TPSA) is 67.4 Å². The van der Waals surface area contributed by atoms with E-state index in [2.05, 4.69) is 20.2 Å². The summed E-state index contributed by atoms with van der Waals surface area (Å²) in [6.45, 7) is 6.22. The van der Waals surface area contributed by atoms with Crippen LogP contribution >= 0.6 is 0 Å². The fourth-order valence-electron chi connectivity index (χ4n) is 4.03. The van der Waals surface area contributed by atoms with Crippen molar-refractivity contribution in [2.24, 2.45) is 0 Å². The average Bonchev–Trinajstić information content (AvgIpc) is 2.93. The van der Waals surface area contributed by atoms with Gasteiger partial charge in [0.1, 0.15) is 5.82 Å². The van der Waals surface area contributed by atoms with Gasteiger partial charge in [-0.05, 0) is 12.8 Å². The molecule has 1 aliphatic carbocycles. The van der Waals surface area contributed by atoms with Gasteiger partial charge in [0, 0.05) is 44.0 Å². The zero-order valence-electron chi connectivity index (χ0n) is 15.3. The molecule has 3 rings (SSSR count). The minimum absolute atomic E-state index is 0.0696. The molecular weight excluding hydrogens is 316 g/mol. The first-order chi connectivity index (χ1) is 12.2. The van der Waals surface area contributed by atoms with Crippen LogP contribution in [0, 0.1) is 0 Å². The van der Waals surface area contributed by atoms with Crippen LogP contribution in [-0.4, -0.2) is 59.2 Å². The summed E-state index contributed by atoms with van der Waals surface area (Å²) in [6.07, 6.45) is 11.4. The normalized spacial score (nSPS) is 21.5. The molecule has 1 saturated heterocycles. The van der Waals surface area contributed by atoms with Crippen LogP contribution in [-0.2, 0) is 11.2 Å². The maximum absolute atomic E-state index is 12.6. The Morgan fingerprint density at radius 2 is 1.80 bits per heavy atom. The molecule has 1 N–H and O–H groups in total. The van der Waals surface area contributed by atoms with E-state index in [1.165, 1.54) is 25.7 Å². The number of carbonyl (C=O) groups excluding carboxylic acids is 1. The number of aromatic nitrogens is 2. The van der Waals surface area contributed by atoms with Crippen molar-refractivity contribution < 1.29 is 9.53 Å². The van der Waals surface area contributed by atoms with Gasteiger partial charge in [0.2, 0.25) is 0 Å². The lowest BCUT2D eigenvalue weighted by molar-refractivity contribution is -0.0281. The molecule has 0 radical (unpaired) electrons. The lowest BCUT2D eigenvalue weighted by atomic mass is 9.87. The van der Waals surface area contributed by atoms with Crippen LogP contribution in [0.1, 0.15) is 61.6 Å². The molecule has 0 atom stereocenters. The first-order valence-corrected chi connectivity index (χ1v) is 9.65. The predicted octanol–water partition coefficient (Wildman–Crippen LogP) is 2.19. The third-order valence-electron chi connectivity index (χ3n) is 5.58. The molecule has 6 nitrogen and oxygen atoms in total. The lowest BCUT2D eigenvalue weighted by Gasteiger charge is -2.45. The van der Waals surface area contributed by atoms with Gasteiger partial charge in [-0.1, -0.05) is 32.6 Å². The van der Waals surface area contributed by atoms with E-state index >= 15 is 0 Å². The number of nitrogens with zero attached hydrogens (tertiary/aromatic N) is 3. The largest absolute Gasteiger partial charge is 0.379 e. The van der Waals surface area contributed by atoms with Crippen LogP contribution in [0.3, 0.4) is 0 Å². The summed E-state index contributed by atoms with van der Waals surface area (Å²) >= 11 is 0. The Bertz CT molecular complexity index is 547. The number of hydrogen-bond acceptors (Lipinski definition) is 5. The summed E-state index contributed by atoms with van der Waals surface area (Å²) < 4.78 is 5.54. The van der Waals surface area contributed by atoms with Crippen molar-refractivity contribution in [2.45, 2.75) is 57.4 Å². The smallest absolute Gasteiger partial charge is 0.254 e. The van der Waals surface area contributed by atoms with Crippen molar-refractivity contribution in [3.63, 3.8) is 0 Å². The van der Waals surface area contributed by atoms with Gasteiger partial charge in [-0.15, -0.1) is 0 Å². The van der Waals surface area contributed by atoms with E-state index in [0.29, 0.717) is 12.1 Å². The maximum Gasteiger partial charge on any atom is 0.254 e. The predicted molar refractivity (Wildman–Crippen MR) is 96.6 cm³/mol. The van der Waals surface area contributed by atoms with Crippen molar-refractivity contribution in [3.8, 4) is 0 Å². The van der Waals surface area contributed by atoms with Crippen molar-refractivity contribution in [3.05, 3.63) is 23.8 Å². The van der Waals surface area contributed by atoms with Gasteiger partial charge in [-0.25, -0.2) is 9.97 Å². The molecule has 2 fully saturated rings. The van der Waals surface area contributed by atoms with Gasteiger partial charge in [-0.2, -0.15) is 0 Å². The number of ether oxygens (including phenoxy) is 1. The van der Waals surface area contributed by atoms with Crippen LogP contribution in [0.4, 0.5) is 0 Å². The van der Waals surface area contributed by atoms with Crippen molar-refractivity contribution in [2.75, 3.05) is 32.8 Å². The summed E-state index contributed by atoms with van der Waals surface area (Å²) in [6, 6.07) is 0. The molecule has 0 spiro atoms. The third-order valence-corrected chi connectivity index (χ3v) is 5.58. The second-order valence-electron chi connectivity index (χ2n) is 7.16. The summed E-state index contributed by atoms with van der Waals surface area (Å²) in [5.74, 6) is 0.699. The SMILES string of the molecule is CCc1ncc(C(=O)NCC2(N3CCOCC3)CCCCCC2)cn1. The highest BCUT2D eigenvalue weighted by molar-refractivity contribution is 5.93. The molecule has 0 aromatic carbocycles. The number of morpholine rings is 1. The molecule has 138 valence electrons. The van der Waals surface area contributed by atoms with Gasteiger partial charge >= 0.3 is 0 Å². The molecule has 1 saturated carbocycles. The highest BCUT2D eigenvalue weighted by Gasteiger charge is 2.38. The average molecular weight is 346 g/mol. The summed E-state index contributed by atoms with van der Waals surface area (Å²) in [5.41, 5.74) is 0.614. The molecule has 0 unspecified atom stereocenters. The number of carbonyl (C=O) groups is 1. The first-order valence-electron chi connectivity index (χ1n) is 9.65. The zero-order valence-corrected chi connectivity index (χ0v) is 15.3. The standard InChI is InChI=1S/C19H30N4O2/c1-2-17-20-13-16(14-21-17)18(24)22-15-19(7-5-3-4-6-8-19)23-9-11-25-12-10-23/h13-14H,2-12,15H2,1H3,(H,22,24). The second kappa shape index (κ2) is 8.72. The number of rotatable bonds is 5. The summed E-state index contributed by atoms with van der Waals surface area (Å²) in [5, 5.41) is 3.17. The fourth-order valence-corrected chi connectivity index (χ4v) is 4.03. The number of amides is 1. The number of nitrogens with one attached hydrogen (secondary N) is 1. The zero-order chi connectivity index (χ0) is 17.5. The number of aryl methyl sites for hydroxylation is 1. The Labute approximate surface area is 150 Å². The van der Waals surface area contributed by atoms with Crippen LogP contribution in [0.5, 0.6) is 0 Å². The summed E-state index contributed by atoms with van der Waals surface area (Å²) in [7, 11) is 0. The molecule has 2 aliphatic rings. The molecule has 2 heterocycles. The summed E-state index contributed by atoms with van der Waals surface area (Å²) in [4.78, 5) is 23.6. The van der Waals surface area contributed by atoms with E-state index in [9.17, 15) is 4.79 Å². The van der Waals surface area contributed by atoms with Crippen LogP contribution in [0.25, 0.3) is 0 Å². The first kappa shape index (κ1) is 18.3. The quantitative estimate of drug-likeness (QED) is 0.828. The highest BCUT2D eigenvalue weighted by atomic mass is 16.5. The van der Waals surface area contributed by atoms with Gasteiger partial charge in [0.15, 0.2) is 0 Å². The fraction of sp³-hybridized carbons (Fsp3) is 0.737. The van der Waals surface area contributed by atoms with Crippen molar-refractivity contribution in [1.29, 1.82) is 0 Å². The molecule has 1 amide bonds. The maximum atomic E-state index is 12.6. The molecule has 6 heteroatoms. The molecule has 1 aromatic rings. The van der Waals surface area contributed by atoms with E-state index < -0.39 is 0 Å². The monoisotopic (exact) mass is 346 g/mol. The molecular formula is C19H30N4O2. The second-order valence-corrected chi connectivity index (χ2v) is 7.16.